The lowest BCUT2D eigenvalue weighted by Gasteiger charge is -2.13. The zero-order valence-corrected chi connectivity index (χ0v) is 15.9. The minimum absolute atomic E-state index is 0.170. The normalized spacial score (nSPS) is 11.4. The molecule has 3 aromatic rings. The molecule has 3 rings (SSSR count). The Kier molecular flexibility index (Phi) is 5.87. The Labute approximate surface area is 166 Å². The summed E-state index contributed by atoms with van der Waals surface area (Å²) in [6.45, 7) is 4.16. The predicted molar refractivity (Wildman–Crippen MR) is 107 cm³/mol. The van der Waals surface area contributed by atoms with Gasteiger partial charge in [-0.3, -0.25) is 4.79 Å². The molecule has 0 aliphatic rings. The predicted octanol–water partition coefficient (Wildman–Crippen LogP) is 6.22. The summed E-state index contributed by atoms with van der Waals surface area (Å²) in [6.07, 6.45) is -2.99. The molecule has 0 bridgehead atoms. The van der Waals surface area contributed by atoms with E-state index < -0.39 is 17.6 Å². The van der Waals surface area contributed by atoms with E-state index in [0.29, 0.717) is 11.6 Å². The van der Waals surface area contributed by atoms with Crippen LogP contribution in [0.4, 0.5) is 30.4 Å². The summed E-state index contributed by atoms with van der Waals surface area (Å²) in [6, 6.07) is 15.4. The molecule has 0 saturated carbocycles. The van der Waals surface area contributed by atoms with Gasteiger partial charge in [0.15, 0.2) is 0 Å². The third kappa shape index (κ3) is 5.13. The molecule has 4 nitrogen and oxygen atoms in total. The first-order chi connectivity index (χ1) is 13.7. The largest absolute Gasteiger partial charge is 0.416 e. The Morgan fingerprint density at radius 3 is 2.34 bits per heavy atom. The first-order valence-electron chi connectivity index (χ1n) is 9.04. The van der Waals surface area contributed by atoms with Gasteiger partial charge in [-0.25, -0.2) is 4.98 Å². The second kappa shape index (κ2) is 8.34. The fourth-order valence-corrected chi connectivity index (χ4v) is 2.75. The molecule has 0 aliphatic heterocycles. The van der Waals surface area contributed by atoms with Crippen LogP contribution >= 0.6 is 0 Å². The first-order valence-corrected chi connectivity index (χ1v) is 9.04. The van der Waals surface area contributed by atoms with E-state index in [4.69, 9.17) is 0 Å². The van der Waals surface area contributed by atoms with Gasteiger partial charge in [-0.15, -0.1) is 0 Å². The number of anilines is 3. The Morgan fingerprint density at radius 1 is 0.966 bits per heavy atom. The summed E-state index contributed by atoms with van der Waals surface area (Å²) in [5.74, 6) is 0.134. The highest BCUT2D eigenvalue weighted by atomic mass is 19.4. The first kappa shape index (κ1) is 20.4. The van der Waals surface area contributed by atoms with E-state index in [9.17, 15) is 18.0 Å². The Bertz CT molecular complexity index is 999. The van der Waals surface area contributed by atoms with E-state index in [2.05, 4.69) is 29.5 Å². The van der Waals surface area contributed by atoms with Gasteiger partial charge < -0.3 is 10.6 Å². The van der Waals surface area contributed by atoms with E-state index in [1.807, 2.05) is 24.3 Å². The molecule has 0 spiro atoms. The molecule has 0 fully saturated rings. The van der Waals surface area contributed by atoms with Crippen LogP contribution in [0.3, 0.4) is 0 Å². The van der Waals surface area contributed by atoms with Crippen molar-refractivity contribution in [2.45, 2.75) is 25.9 Å². The fourth-order valence-electron chi connectivity index (χ4n) is 2.75. The number of carbonyl (C=O) groups excluding carboxylic acids is 1. The number of hydrogen-bond donors (Lipinski definition) is 2. The number of nitrogens with zero attached hydrogens (tertiary/aromatic N) is 1. The maximum atomic E-state index is 12.9. The molecule has 1 heterocycles. The maximum absolute atomic E-state index is 12.9. The Morgan fingerprint density at radius 2 is 1.69 bits per heavy atom. The number of benzene rings is 2. The average molecular weight is 399 g/mol. The standard InChI is InChI=1S/C22H20F3N3O/c1-14(2)15-8-10-17(11-9-15)28-21(29)19-7-4-12-26-20(19)27-18-6-3-5-16(13-18)22(23,24)25/h3-14H,1-2H3,(H,26,27)(H,28,29). The summed E-state index contributed by atoms with van der Waals surface area (Å²) in [4.78, 5) is 16.8. The van der Waals surface area contributed by atoms with Crippen molar-refractivity contribution < 1.29 is 18.0 Å². The number of aromatic nitrogens is 1. The second-order valence-corrected chi connectivity index (χ2v) is 6.83. The van der Waals surface area contributed by atoms with Gasteiger partial charge in [-0.2, -0.15) is 13.2 Å². The monoisotopic (exact) mass is 399 g/mol. The van der Waals surface area contributed by atoms with Crippen LogP contribution in [0.25, 0.3) is 0 Å². The second-order valence-electron chi connectivity index (χ2n) is 6.83. The van der Waals surface area contributed by atoms with Crippen LogP contribution in [-0.2, 0) is 6.18 Å². The minimum atomic E-state index is -4.45. The molecule has 0 radical (unpaired) electrons. The number of rotatable bonds is 5. The van der Waals surface area contributed by atoms with Crippen molar-refractivity contribution in [3.8, 4) is 0 Å². The van der Waals surface area contributed by atoms with Gasteiger partial charge in [0.1, 0.15) is 5.82 Å². The quantitative estimate of drug-likeness (QED) is 0.535. The number of alkyl halides is 3. The molecular weight excluding hydrogens is 379 g/mol. The van der Waals surface area contributed by atoms with Gasteiger partial charge in [-0.05, 0) is 53.9 Å². The molecule has 2 N–H and O–H groups in total. The lowest BCUT2D eigenvalue weighted by atomic mass is 10.0. The number of halogens is 3. The van der Waals surface area contributed by atoms with Gasteiger partial charge >= 0.3 is 6.18 Å². The lowest BCUT2D eigenvalue weighted by Crippen LogP contribution is -2.15. The molecule has 7 heteroatoms. The summed E-state index contributed by atoms with van der Waals surface area (Å²) in [7, 11) is 0. The molecular formula is C22H20F3N3O. The smallest absolute Gasteiger partial charge is 0.340 e. The van der Waals surface area contributed by atoms with Crippen molar-refractivity contribution in [1.29, 1.82) is 0 Å². The zero-order chi connectivity index (χ0) is 21.0. The van der Waals surface area contributed by atoms with Crippen molar-refractivity contribution in [3.63, 3.8) is 0 Å². The summed E-state index contributed by atoms with van der Waals surface area (Å²) in [5, 5.41) is 5.59. The zero-order valence-electron chi connectivity index (χ0n) is 15.9. The van der Waals surface area contributed by atoms with Crippen LogP contribution in [0.2, 0.25) is 0 Å². The highest BCUT2D eigenvalue weighted by Gasteiger charge is 2.30. The van der Waals surface area contributed by atoms with E-state index in [0.717, 1.165) is 17.7 Å². The molecule has 150 valence electrons. The lowest BCUT2D eigenvalue weighted by molar-refractivity contribution is -0.137. The third-order valence-corrected chi connectivity index (χ3v) is 4.34. The van der Waals surface area contributed by atoms with Gasteiger partial charge in [-0.1, -0.05) is 32.0 Å². The highest BCUT2D eigenvalue weighted by Crippen LogP contribution is 2.31. The number of carbonyl (C=O) groups is 1. The van der Waals surface area contributed by atoms with Gasteiger partial charge in [0.05, 0.1) is 11.1 Å². The van der Waals surface area contributed by atoms with Crippen molar-refractivity contribution in [2.75, 3.05) is 10.6 Å². The summed E-state index contributed by atoms with van der Waals surface area (Å²) >= 11 is 0. The Hall–Kier alpha value is -3.35. The number of amides is 1. The molecule has 0 saturated heterocycles. The van der Waals surface area contributed by atoms with Crippen molar-refractivity contribution in [3.05, 3.63) is 83.6 Å². The fraction of sp³-hybridized carbons (Fsp3) is 0.182. The van der Waals surface area contributed by atoms with E-state index in [1.165, 1.54) is 18.3 Å². The van der Waals surface area contributed by atoms with Crippen LogP contribution in [0.1, 0.15) is 41.3 Å². The van der Waals surface area contributed by atoms with Crippen LogP contribution in [0, 0.1) is 0 Å². The molecule has 0 unspecified atom stereocenters. The molecule has 0 aliphatic carbocycles. The highest BCUT2D eigenvalue weighted by molar-refractivity contribution is 6.07. The molecule has 29 heavy (non-hydrogen) atoms. The Balaban J connectivity index is 1.81. The van der Waals surface area contributed by atoms with Crippen LogP contribution < -0.4 is 10.6 Å². The number of nitrogens with one attached hydrogen (secondary N) is 2. The van der Waals surface area contributed by atoms with Crippen molar-refractivity contribution >= 4 is 23.1 Å². The van der Waals surface area contributed by atoms with Gasteiger partial charge in [0, 0.05) is 17.6 Å². The maximum Gasteiger partial charge on any atom is 0.416 e. The van der Waals surface area contributed by atoms with Gasteiger partial charge in [0.25, 0.3) is 5.91 Å². The summed E-state index contributed by atoms with van der Waals surface area (Å²) in [5.41, 5.74) is 1.39. The molecule has 1 aromatic heterocycles. The van der Waals surface area contributed by atoms with E-state index in [-0.39, 0.29) is 17.1 Å². The SMILES string of the molecule is CC(C)c1ccc(NC(=O)c2cccnc2Nc2cccc(C(F)(F)F)c2)cc1. The van der Waals surface area contributed by atoms with Crippen LogP contribution in [0.5, 0.6) is 0 Å². The molecule has 2 aromatic carbocycles. The van der Waals surface area contributed by atoms with Gasteiger partial charge in [0.2, 0.25) is 0 Å². The minimum Gasteiger partial charge on any atom is -0.340 e. The molecule has 1 amide bonds. The third-order valence-electron chi connectivity index (χ3n) is 4.34. The van der Waals surface area contributed by atoms with Crippen molar-refractivity contribution in [1.82, 2.24) is 4.98 Å². The van der Waals surface area contributed by atoms with Crippen molar-refractivity contribution in [2.24, 2.45) is 0 Å². The van der Waals surface area contributed by atoms with E-state index >= 15 is 0 Å². The number of pyridine rings is 1. The van der Waals surface area contributed by atoms with Crippen LogP contribution in [-0.4, -0.2) is 10.9 Å². The molecule has 0 atom stereocenters. The number of hydrogen-bond acceptors (Lipinski definition) is 3. The van der Waals surface area contributed by atoms with E-state index in [1.54, 1.807) is 12.1 Å². The summed E-state index contributed by atoms with van der Waals surface area (Å²) < 4.78 is 38.8. The average Bonchev–Trinajstić information content (AvgIpc) is 2.68. The van der Waals surface area contributed by atoms with Crippen LogP contribution in [0.15, 0.2) is 66.9 Å². The topological polar surface area (TPSA) is 54.0 Å².